The number of hydrogen-bond acceptors (Lipinski definition) is 6. The Kier molecular flexibility index (Phi) is 6.35. The van der Waals surface area contributed by atoms with Crippen LogP contribution in [0.25, 0.3) is 10.2 Å². The molecule has 0 amide bonds. The van der Waals surface area contributed by atoms with E-state index in [1.165, 1.54) is 11.3 Å². The summed E-state index contributed by atoms with van der Waals surface area (Å²) in [5.74, 6) is 0.289. The van der Waals surface area contributed by atoms with Crippen molar-refractivity contribution >= 4 is 27.5 Å². The maximum atomic E-state index is 13.0. The molecular weight excluding hydrogens is 338 g/mol. The summed E-state index contributed by atoms with van der Waals surface area (Å²) in [4.78, 5) is 33.1. The molecule has 0 radical (unpaired) electrons. The van der Waals surface area contributed by atoms with E-state index in [2.05, 4.69) is 23.7 Å². The number of aryl methyl sites for hydroxylation is 2. The lowest BCUT2D eigenvalue weighted by molar-refractivity contribution is 0.0383. The molecule has 0 unspecified atom stereocenters. The van der Waals surface area contributed by atoms with Crippen LogP contribution in [0.4, 0.5) is 0 Å². The van der Waals surface area contributed by atoms with E-state index in [1.54, 1.807) is 11.5 Å². The zero-order chi connectivity index (χ0) is 18.7. The molecule has 2 heterocycles. The number of carbonyl (C=O) groups excluding carboxylic acids is 1. The van der Waals surface area contributed by atoms with Gasteiger partial charge in [-0.2, -0.15) is 0 Å². The SMILES string of the molecule is CCN(CC)CCn1c(C)nc2sc(C(=O)OC(C)C)c(C)c2c1=O. The Morgan fingerprint density at radius 2 is 1.92 bits per heavy atom. The van der Waals surface area contributed by atoms with Gasteiger partial charge in [0.05, 0.1) is 11.5 Å². The second kappa shape index (κ2) is 8.10. The van der Waals surface area contributed by atoms with Crippen molar-refractivity contribution in [1.29, 1.82) is 0 Å². The number of aromatic nitrogens is 2. The number of thiophene rings is 1. The van der Waals surface area contributed by atoms with Crippen LogP contribution < -0.4 is 5.56 Å². The molecule has 7 heteroatoms. The number of hydrogen-bond donors (Lipinski definition) is 0. The molecular formula is C18H27N3O3S. The molecule has 0 bridgehead atoms. The summed E-state index contributed by atoms with van der Waals surface area (Å²) in [6, 6.07) is 0. The molecule has 0 atom stereocenters. The number of ether oxygens (including phenoxy) is 1. The van der Waals surface area contributed by atoms with Gasteiger partial charge < -0.3 is 9.64 Å². The van der Waals surface area contributed by atoms with Gasteiger partial charge in [0.25, 0.3) is 5.56 Å². The van der Waals surface area contributed by atoms with E-state index >= 15 is 0 Å². The van der Waals surface area contributed by atoms with Crippen molar-refractivity contribution in [2.75, 3.05) is 19.6 Å². The minimum atomic E-state index is -0.387. The van der Waals surface area contributed by atoms with Gasteiger partial charge in [-0.15, -0.1) is 11.3 Å². The molecule has 0 aromatic carbocycles. The van der Waals surface area contributed by atoms with Crippen LogP contribution in [0.1, 0.15) is 48.8 Å². The first kappa shape index (κ1) is 19.6. The van der Waals surface area contributed by atoms with Crippen LogP contribution >= 0.6 is 11.3 Å². The van der Waals surface area contributed by atoms with Gasteiger partial charge in [0.15, 0.2) is 0 Å². The standard InChI is InChI=1S/C18H27N3O3S/c1-7-20(8-2)9-10-21-13(6)19-16-14(17(21)22)12(5)15(25-16)18(23)24-11(3)4/h11H,7-10H2,1-6H3. The number of rotatable bonds is 7. The van der Waals surface area contributed by atoms with E-state index < -0.39 is 0 Å². The molecule has 0 saturated heterocycles. The van der Waals surface area contributed by atoms with Crippen molar-refractivity contribution in [3.05, 3.63) is 26.6 Å². The summed E-state index contributed by atoms with van der Waals surface area (Å²) < 4.78 is 6.99. The Morgan fingerprint density at radius 1 is 1.28 bits per heavy atom. The van der Waals surface area contributed by atoms with Crippen molar-refractivity contribution in [2.24, 2.45) is 0 Å². The Bertz CT molecular complexity index is 819. The number of fused-ring (bicyclic) bond motifs is 1. The Balaban J connectivity index is 2.45. The number of esters is 1. The van der Waals surface area contributed by atoms with Crippen molar-refractivity contribution < 1.29 is 9.53 Å². The Hall–Kier alpha value is -1.73. The highest BCUT2D eigenvalue weighted by Crippen LogP contribution is 2.28. The molecule has 0 N–H and O–H groups in total. The van der Waals surface area contributed by atoms with Crippen LogP contribution in [0.3, 0.4) is 0 Å². The summed E-state index contributed by atoms with van der Waals surface area (Å²) in [5.41, 5.74) is 0.590. The van der Waals surface area contributed by atoms with E-state index in [0.717, 1.165) is 19.6 Å². The topological polar surface area (TPSA) is 64.4 Å². The fourth-order valence-corrected chi connectivity index (χ4v) is 3.93. The molecule has 0 spiro atoms. The van der Waals surface area contributed by atoms with E-state index in [4.69, 9.17) is 4.74 Å². The molecule has 2 aromatic heterocycles. The highest BCUT2D eigenvalue weighted by molar-refractivity contribution is 7.20. The molecule has 0 aliphatic carbocycles. The third kappa shape index (κ3) is 4.10. The second-order valence-electron chi connectivity index (χ2n) is 6.33. The first-order chi connectivity index (χ1) is 11.8. The highest BCUT2D eigenvalue weighted by atomic mass is 32.1. The summed E-state index contributed by atoms with van der Waals surface area (Å²) in [5, 5.41) is 0.533. The first-order valence-electron chi connectivity index (χ1n) is 8.73. The van der Waals surface area contributed by atoms with Gasteiger partial charge in [-0.1, -0.05) is 13.8 Å². The summed E-state index contributed by atoms with van der Waals surface area (Å²) in [6.45, 7) is 14.7. The third-order valence-electron chi connectivity index (χ3n) is 4.30. The van der Waals surface area contributed by atoms with Crippen LogP contribution in [0, 0.1) is 13.8 Å². The monoisotopic (exact) mass is 365 g/mol. The maximum absolute atomic E-state index is 13.0. The van der Waals surface area contributed by atoms with Gasteiger partial charge in [-0.05, 0) is 46.3 Å². The second-order valence-corrected chi connectivity index (χ2v) is 7.33. The third-order valence-corrected chi connectivity index (χ3v) is 5.47. The van der Waals surface area contributed by atoms with Gasteiger partial charge in [0, 0.05) is 13.1 Å². The molecule has 2 aromatic rings. The van der Waals surface area contributed by atoms with Crippen molar-refractivity contribution in [3.63, 3.8) is 0 Å². The number of carbonyl (C=O) groups is 1. The fraction of sp³-hybridized carbons (Fsp3) is 0.611. The number of nitrogens with zero attached hydrogens (tertiary/aromatic N) is 3. The van der Waals surface area contributed by atoms with Gasteiger partial charge >= 0.3 is 5.97 Å². The lowest BCUT2D eigenvalue weighted by Crippen LogP contribution is -2.32. The van der Waals surface area contributed by atoms with Crippen LogP contribution in [-0.2, 0) is 11.3 Å². The molecule has 138 valence electrons. The summed E-state index contributed by atoms with van der Waals surface area (Å²) in [6.07, 6.45) is -0.197. The first-order valence-corrected chi connectivity index (χ1v) is 9.55. The zero-order valence-corrected chi connectivity index (χ0v) is 16.7. The van der Waals surface area contributed by atoms with Crippen LogP contribution in [0.5, 0.6) is 0 Å². The Morgan fingerprint density at radius 3 is 2.48 bits per heavy atom. The van der Waals surface area contributed by atoms with Crippen molar-refractivity contribution in [1.82, 2.24) is 14.5 Å². The minimum absolute atomic E-state index is 0.0768. The maximum Gasteiger partial charge on any atom is 0.348 e. The van der Waals surface area contributed by atoms with E-state index in [-0.39, 0.29) is 17.6 Å². The quantitative estimate of drug-likeness (QED) is 0.706. The molecule has 25 heavy (non-hydrogen) atoms. The molecule has 0 aliphatic heterocycles. The lowest BCUT2D eigenvalue weighted by Gasteiger charge is -2.19. The molecule has 0 aliphatic rings. The molecule has 6 nitrogen and oxygen atoms in total. The minimum Gasteiger partial charge on any atom is -0.459 e. The highest BCUT2D eigenvalue weighted by Gasteiger charge is 2.22. The van der Waals surface area contributed by atoms with E-state index in [0.29, 0.717) is 33.0 Å². The van der Waals surface area contributed by atoms with Crippen LogP contribution in [0.15, 0.2) is 4.79 Å². The Labute approximate surface area is 152 Å². The predicted octanol–water partition coefficient (Wildman–Crippen LogP) is 2.98. The largest absolute Gasteiger partial charge is 0.459 e. The van der Waals surface area contributed by atoms with Gasteiger partial charge in [-0.3, -0.25) is 9.36 Å². The molecule has 2 rings (SSSR count). The average Bonchev–Trinajstić information content (AvgIpc) is 2.87. The van der Waals surface area contributed by atoms with Crippen LogP contribution in [0.2, 0.25) is 0 Å². The van der Waals surface area contributed by atoms with Gasteiger partial charge in [-0.25, -0.2) is 9.78 Å². The van der Waals surface area contributed by atoms with E-state index in [1.807, 2.05) is 20.8 Å². The molecule has 0 fully saturated rings. The average molecular weight is 365 g/mol. The molecule has 0 saturated carbocycles. The predicted molar refractivity (Wildman–Crippen MR) is 102 cm³/mol. The lowest BCUT2D eigenvalue weighted by atomic mass is 10.2. The number of likely N-dealkylation sites (N-methyl/N-ethyl adjacent to an activating group) is 1. The van der Waals surface area contributed by atoms with Crippen molar-refractivity contribution in [3.8, 4) is 0 Å². The fourth-order valence-electron chi connectivity index (χ4n) is 2.82. The van der Waals surface area contributed by atoms with Crippen molar-refractivity contribution in [2.45, 2.75) is 54.2 Å². The van der Waals surface area contributed by atoms with Gasteiger partial charge in [0.2, 0.25) is 0 Å². The van der Waals surface area contributed by atoms with E-state index in [9.17, 15) is 9.59 Å². The summed E-state index contributed by atoms with van der Waals surface area (Å²) >= 11 is 1.24. The smallest absolute Gasteiger partial charge is 0.348 e. The summed E-state index contributed by atoms with van der Waals surface area (Å²) in [7, 11) is 0. The normalized spacial score (nSPS) is 11.7. The van der Waals surface area contributed by atoms with Gasteiger partial charge in [0.1, 0.15) is 15.5 Å². The zero-order valence-electron chi connectivity index (χ0n) is 15.9. The van der Waals surface area contributed by atoms with Crippen LogP contribution in [-0.4, -0.2) is 46.2 Å².